The van der Waals surface area contributed by atoms with E-state index in [0.717, 1.165) is 18.2 Å². The third-order valence-corrected chi connectivity index (χ3v) is 6.60. The number of nitrogens with one attached hydrogen (secondary N) is 1. The van der Waals surface area contributed by atoms with Crippen LogP contribution in [0.3, 0.4) is 0 Å². The highest BCUT2D eigenvalue weighted by Crippen LogP contribution is 2.23. The molecule has 0 aliphatic carbocycles. The number of hydrogen-bond donors (Lipinski definition) is 1. The number of amides is 2. The molecule has 186 valence electrons. The second kappa shape index (κ2) is 13.0. The molecule has 0 radical (unpaired) electrons. The number of sulfonamides is 1. The first kappa shape index (κ1) is 27.2. The lowest BCUT2D eigenvalue weighted by molar-refractivity contribution is -0.140. The zero-order valence-corrected chi connectivity index (χ0v) is 21.2. The maximum absolute atomic E-state index is 13.2. The molecule has 2 rings (SSSR count). The van der Waals surface area contributed by atoms with Gasteiger partial charge in [-0.05, 0) is 37.5 Å². The van der Waals surface area contributed by atoms with Crippen LogP contribution in [0, 0.1) is 0 Å². The molecule has 0 saturated heterocycles. The molecule has 8 nitrogen and oxygen atoms in total. The van der Waals surface area contributed by atoms with E-state index in [0.29, 0.717) is 30.9 Å². The zero-order valence-electron chi connectivity index (χ0n) is 20.4. The largest absolute Gasteiger partial charge is 0.497 e. The van der Waals surface area contributed by atoms with Crippen molar-refractivity contribution in [2.24, 2.45) is 0 Å². The van der Waals surface area contributed by atoms with Crippen LogP contribution in [0.25, 0.3) is 0 Å². The fourth-order valence-electron chi connectivity index (χ4n) is 3.53. The van der Waals surface area contributed by atoms with Gasteiger partial charge in [0.1, 0.15) is 11.8 Å². The number of methoxy groups -OCH3 is 1. The van der Waals surface area contributed by atoms with Crippen molar-refractivity contribution < 1.29 is 22.7 Å². The predicted molar refractivity (Wildman–Crippen MR) is 134 cm³/mol. The van der Waals surface area contributed by atoms with E-state index < -0.39 is 16.1 Å². The molecule has 2 aromatic rings. The van der Waals surface area contributed by atoms with E-state index in [4.69, 9.17) is 4.74 Å². The Morgan fingerprint density at radius 2 is 1.79 bits per heavy atom. The highest BCUT2D eigenvalue weighted by atomic mass is 32.2. The minimum absolute atomic E-state index is 0.105. The summed E-state index contributed by atoms with van der Waals surface area (Å²) in [4.78, 5) is 27.3. The molecule has 1 N–H and O–H groups in total. The van der Waals surface area contributed by atoms with Gasteiger partial charge in [-0.1, -0.05) is 43.3 Å². The first-order valence-electron chi connectivity index (χ1n) is 11.4. The average Bonchev–Trinajstić information content (AvgIpc) is 2.82. The van der Waals surface area contributed by atoms with Crippen molar-refractivity contribution in [1.29, 1.82) is 0 Å². The number of carbonyl (C=O) groups excluding carboxylic acids is 2. The molecule has 0 fully saturated rings. The Bertz CT molecular complexity index is 1040. The van der Waals surface area contributed by atoms with Crippen LogP contribution >= 0.6 is 0 Å². The smallest absolute Gasteiger partial charge is 0.242 e. The lowest BCUT2D eigenvalue weighted by atomic mass is 10.1. The second-order valence-corrected chi connectivity index (χ2v) is 10.0. The molecule has 0 aliphatic heterocycles. The molecule has 0 bridgehead atoms. The predicted octanol–water partition coefficient (Wildman–Crippen LogP) is 3.18. The molecule has 34 heavy (non-hydrogen) atoms. The van der Waals surface area contributed by atoms with Crippen LogP contribution in [0.1, 0.15) is 38.7 Å². The summed E-state index contributed by atoms with van der Waals surface area (Å²) in [6.45, 7) is 4.65. The Labute approximate surface area is 202 Å². The summed E-state index contributed by atoms with van der Waals surface area (Å²) in [5.41, 5.74) is 1.39. The van der Waals surface area contributed by atoms with Gasteiger partial charge in [0, 0.05) is 32.1 Å². The molecule has 9 heteroatoms. The van der Waals surface area contributed by atoms with E-state index in [-0.39, 0.29) is 24.8 Å². The van der Waals surface area contributed by atoms with E-state index >= 15 is 0 Å². The summed E-state index contributed by atoms with van der Waals surface area (Å²) < 4.78 is 31.3. The van der Waals surface area contributed by atoms with Gasteiger partial charge < -0.3 is 15.0 Å². The summed E-state index contributed by atoms with van der Waals surface area (Å²) >= 11 is 0. The van der Waals surface area contributed by atoms with Gasteiger partial charge in [-0.2, -0.15) is 0 Å². The van der Waals surface area contributed by atoms with Crippen molar-refractivity contribution in [3.63, 3.8) is 0 Å². The Hall–Kier alpha value is -3.07. The van der Waals surface area contributed by atoms with E-state index in [9.17, 15) is 18.0 Å². The average molecular weight is 490 g/mol. The van der Waals surface area contributed by atoms with Crippen molar-refractivity contribution in [3.8, 4) is 5.75 Å². The standard InChI is InChI=1S/C25H35N3O5S/c1-5-16-26-25(30)20(2)27(19-21-11-7-6-8-12-21)24(29)15-10-17-28(34(4,31)32)22-13-9-14-23(18-22)33-3/h6-9,11-14,18,20H,5,10,15-17,19H2,1-4H3,(H,26,30). The van der Waals surface area contributed by atoms with Crippen LogP contribution in [0.2, 0.25) is 0 Å². The second-order valence-electron chi connectivity index (χ2n) is 8.11. The molecule has 1 unspecified atom stereocenters. The lowest BCUT2D eigenvalue weighted by Gasteiger charge is -2.29. The maximum atomic E-state index is 13.2. The first-order chi connectivity index (χ1) is 16.2. The Kier molecular flexibility index (Phi) is 10.4. The highest BCUT2D eigenvalue weighted by molar-refractivity contribution is 7.92. The molecule has 1 atom stereocenters. The van der Waals surface area contributed by atoms with Crippen molar-refractivity contribution >= 4 is 27.5 Å². The van der Waals surface area contributed by atoms with Crippen molar-refractivity contribution in [3.05, 3.63) is 60.2 Å². The normalized spacial score (nSPS) is 12.0. The Morgan fingerprint density at radius 1 is 1.09 bits per heavy atom. The fourth-order valence-corrected chi connectivity index (χ4v) is 4.49. The van der Waals surface area contributed by atoms with Gasteiger partial charge in [-0.3, -0.25) is 13.9 Å². The number of rotatable bonds is 13. The first-order valence-corrected chi connectivity index (χ1v) is 13.2. The van der Waals surface area contributed by atoms with Crippen molar-refractivity contribution in [2.45, 2.75) is 45.7 Å². The molecule has 0 spiro atoms. The molecular formula is C25H35N3O5S. The highest BCUT2D eigenvalue weighted by Gasteiger charge is 2.26. The maximum Gasteiger partial charge on any atom is 0.242 e. The Morgan fingerprint density at radius 3 is 2.41 bits per heavy atom. The van der Waals surface area contributed by atoms with Gasteiger partial charge in [0.25, 0.3) is 0 Å². The third-order valence-electron chi connectivity index (χ3n) is 5.41. The number of nitrogens with zero attached hydrogens (tertiary/aromatic N) is 2. The summed E-state index contributed by atoms with van der Waals surface area (Å²) in [5, 5.41) is 2.85. The topological polar surface area (TPSA) is 96.0 Å². The molecule has 0 aromatic heterocycles. The quantitative estimate of drug-likeness (QED) is 0.466. The van der Waals surface area contributed by atoms with Gasteiger partial charge >= 0.3 is 0 Å². The van der Waals surface area contributed by atoms with Crippen LogP contribution in [-0.4, -0.2) is 57.6 Å². The van der Waals surface area contributed by atoms with Gasteiger partial charge in [0.15, 0.2) is 0 Å². The molecule has 0 aliphatic rings. The van der Waals surface area contributed by atoms with E-state index in [1.54, 1.807) is 36.1 Å². The van der Waals surface area contributed by atoms with Crippen molar-refractivity contribution in [1.82, 2.24) is 10.2 Å². The lowest BCUT2D eigenvalue weighted by Crippen LogP contribution is -2.47. The zero-order chi connectivity index (χ0) is 25.1. The van der Waals surface area contributed by atoms with Gasteiger partial charge in [0.2, 0.25) is 21.8 Å². The van der Waals surface area contributed by atoms with Gasteiger partial charge in [-0.25, -0.2) is 8.42 Å². The van der Waals surface area contributed by atoms with E-state index in [1.807, 2.05) is 37.3 Å². The number of anilines is 1. The SMILES string of the molecule is CCCNC(=O)C(C)N(Cc1ccccc1)C(=O)CCCN(c1cccc(OC)c1)S(C)(=O)=O. The monoisotopic (exact) mass is 489 g/mol. The summed E-state index contributed by atoms with van der Waals surface area (Å²) in [6.07, 6.45) is 2.35. The van der Waals surface area contributed by atoms with Crippen LogP contribution in [0.4, 0.5) is 5.69 Å². The van der Waals surface area contributed by atoms with Crippen molar-refractivity contribution in [2.75, 3.05) is 30.8 Å². The molecule has 0 saturated carbocycles. The summed E-state index contributed by atoms with van der Waals surface area (Å²) in [7, 11) is -2.05. The number of benzene rings is 2. The number of carbonyl (C=O) groups is 2. The van der Waals surface area contributed by atoms with Gasteiger partial charge in [0.05, 0.1) is 19.1 Å². The van der Waals surface area contributed by atoms with Crippen LogP contribution in [0.15, 0.2) is 54.6 Å². The van der Waals surface area contributed by atoms with Crippen LogP contribution in [-0.2, 0) is 26.2 Å². The number of hydrogen-bond acceptors (Lipinski definition) is 5. The minimum Gasteiger partial charge on any atom is -0.497 e. The molecule has 2 aromatic carbocycles. The van der Waals surface area contributed by atoms with Gasteiger partial charge in [-0.15, -0.1) is 0 Å². The van der Waals surface area contributed by atoms with Crippen LogP contribution < -0.4 is 14.4 Å². The molecule has 0 heterocycles. The molecule has 2 amide bonds. The minimum atomic E-state index is -3.56. The number of ether oxygens (including phenoxy) is 1. The van der Waals surface area contributed by atoms with Crippen LogP contribution in [0.5, 0.6) is 5.75 Å². The Balaban J connectivity index is 2.13. The molecular weight excluding hydrogens is 454 g/mol. The third kappa shape index (κ3) is 8.06. The summed E-state index contributed by atoms with van der Waals surface area (Å²) in [6, 6.07) is 15.6. The van der Waals surface area contributed by atoms with E-state index in [1.165, 1.54) is 11.4 Å². The fraction of sp³-hybridized carbons (Fsp3) is 0.440. The summed E-state index contributed by atoms with van der Waals surface area (Å²) in [5.74, 6) is 0.130. The van der Waals surface area contributed by atoms with E-state index in [2.05, 4.69) is 5.32 Å².